The smallest absolute Gasteiger partial charge is 0.267 e. The average molecular weight is 472 g/mol. The van der Waals surface area contributed by atoms with Crippen LogP contribution in [0.5, 0.6) is 0 Å². The molecule has 0 aromatic rings. The number of nitrogens with one attached hydrogen (secondary N) is 4. The molecule has 2 rings (SSSR count). The van der Waals surface area contributed by atoms with E-state index in [4.69, 9.17) is 16.9 Å². The maximum absolute atomic E-state index is 13.4. The van der Waals surface area contributed by atoms with Gasteiger partial charge in [0, 0.05) is 35.4 Å². The molecule has 9 nitrogen and oxygen atoms in total. The summed E-state index contributed by atoms with van der Waals surface area (Å²) in [5.74, 6) is 0.418. The van der Waals surface area contributed by atoms with Gasteiger partial charge in [0.05, 0.1) is 17.9 Å². The molecule has 0 aliphatic heterocycles. The number of aliphatic imine (C=N–C) groups is 1. The molecule has 2 fully saturated rings. The lowest BCUT2D eigenvalue weighted by atomic mass is 9.88. The van der Waals surface area contributed by atoms with Crippen LogP contribution in [0, 0.1) is 23.2 Å². The van der Waals surface area contributed by atoms with Crippen LogP contribution in [0.4, 0.5) is 0 Å². The van der Waals surface area contributed by atoms with Crippen LogP contribution in [-0.2, 0) is 9.59 Å². The standard InChI is InChI=1S/C25H41N7O2/c1-6-21(30-14(2)3)24(33)32-23(22(17-7-8-17)18-9-10-18)25(34)31-19(11-26)12-29-13-20(15(4)27)16(5)28/h6,11-12,14,17-18,22-23,27,30H,7-10,13,26,28H2,1-5H3,(H,31,34)(H,32,33)/b19-11+,20-16-,21-6-,27-15?,29-12?. The Morgan fingerprint density at radius 1 is 1.12 bits per heavy atom. The van der Waals surface area contributed by atoms with E-state index in [1.54, 1.807) is 26.8 Å². The van der Waals surface area contributed by atoms with Crippen LogP contribution in [-0.4, -0.2) is 42.4 Å². The van der Waals surface area contributed by atoms with Gasteiger partial charge in [0.15, 0.2) is 0 Å². The second-order valence-corrected chi connectivity index (χ2v) is 9.57. The Morgan fingerprint density at radius 2 is 1.71 bits per heavy atom. The van der Waals surface area contributed by atoms with Crippen LogP contribution < -0.4 is 27.4 Å². The summed E-state index contributed by atoms with van der Waals surface area (Å²) >= 11 is 0. The van der Waals surface area contributed by atoms with Crippen LogP contribution >= 0.6 is 0 Å². The molecule has 2 aliphatic carbocycles. The Morgan fingerprint density at radius 3 is 2.12 bits per heavy atom. The van der Waals surface area contributed by atoms with Crippen LogP contribution in [0.1, 0.15) is 60.3 Å². The maximum atomic E-state index is 13.4. The van der Waals surface area contributed by atoms with Gasteiger partial charge < -0.3 is 32.8 Å². The molecule has 1 unspecified atom stereocenters. The molecule has 188 valence electrons. The summed E-state index contributed by atoms with van der Waals surface area (Å²) in [7, 11) is 0. The van der Waals surface area contributed by atoms with E-state index in [-0.39, 0.29) is 30.3 Å². The quantitative estimate of drug-likeness (QED) is 0.179. The predicted octanol–water partition coefficient (Wildman–Crippen LogP) is 2.07. The number of amides is 2. The lowest BCUT2D eigenvalue weighted by Crippen LogP contribution is -2.53. The predicted molar refractivity (Wildman–Crippen MR) is 137 cm³/mol. The zero-order chi connectivity index (χ0) is 25.4. The first-order chi connectivity index (χ1) is 16.1. The van der Waals surface area contributed by atoms with Crippen molar-refractivity contribution in [2.45, 2.75) is 72.4 Å². The molecule has 0 aromatic carbocycles. The Balaban J connectivity index is 2.17. The summed E-state index contributed by atoms with van der Waals surface area (Å²) < 4.78 is 0. The van der Waals surface area contributed by atoms with E-state index in [1.807, 2.05) is 13.8 Å². The Bertz CT molecular complexity index is 877. The van der Waals surface area contributed by atoms with E-state index in [1.165, 1.54) is 12.4 Å². The van der Waals surface area contributed by atoms with Crippen LogP contribution in [0.15, 0.2) is 39.9 Å². The van der Waals surface area contributed by atoms with Gasteiger partial charge in [-0.05, 0) is 78.1 Å². The van der Waals surface area contributed by atoms with Crippen molar-refractivity contribution in [3.8, 4) is 0 Å². The number of allylic oxidation sites excluding steroid dienone is 3. The van der Waals surface area contributed by atoms with Gasteiger partial charge in [-0.25, -0.2) is 0 Å². The molecular weight excluding hydrogens is 430 g/mol. The molecule has 0 saturated heterocycles. The van der Waals surface area contributed by atoms with Gasteiger partial charge in [0.2, 0.25) is 5.91 Å². The number of nitrogens with zero attached hydrogens (tertiary/aromatic N) is 1. The number of rotatable bonds is 13. The minimum atomic E-state index is -0.662. The zero-order valence-corrected chi connectivity index (χ0v) is 21.1. The van der Waals surface area contributed by atoms with Crippen molar-refractivity contribution in [2.24, 2.45) is 34.2 Å². The maximum Gasteiger partial charge on any atom is 0.267 e. The van der Waals surface area contributed by atoms with Crippen molar-refractivity contribution in [1.82, 2.24) is 16.0 Å². The molecule has 2 amide bonds. The molecule has 0 aromatic heterocycles. The van der Waals surface area contributed by atoms with Gasteiger partial charge in [0.1, 0.15) is 6.04 Å². The van der Waals surface area contributed by atoms with Gasteiger partial charge in [0.25, 0.3) is 5.91 Å². The van der Waals surface area contributed by atoms with E-state index >= 15 is 0 Å². The highest BCUT2D eigenvalue weighted by Crippen LogP contribution is 2.50. The fourth-order valence-corrected chi connectivity index (χ4v) is 4.15. The van der Waals surface area contributed by atoms with E-state index in [0.29, 0.717) is 40.2 Å². The molecule has 0 spiro atoms. The third-order valence-corrected chi connectivity index (χ3v) is 6.12. The van der Waals surface area contributed by atoms with Gasteiger partial charge in [-0.2, -0.15) is 0 Å². The second-order valence-electron chi connectivity index (χ2n) is 9.57. The monoisotopic (exact) mass is 471 g/mol. The SMILES string of the molecule is C/C=C(\NC(C)C)C(=O)NC(C(=O)N/C(C=NC/C(C(C)=N)=C(\C)N)=C/N)C(C1CC1)C1CC1. The topological polar surface area (TPSA) is 158 Å². The highest BCUT2D eigenvalue weighted by atomic mass is 16.2. The molecule has 2 saturated carbocycles. The molecule has 34 heavy (non-hydrogen) atoms. The van der Waals surface area contributed by atoms with Gasteiger partial charge >= 0.3 is 0 Å². The summed E-state index contributed by atoms with van der Waals surface area (Å²) in [5.41, 5.74) is 13.9. The van der Waals surface area contributed by atoms with E-state index < -0.39 is 6.04 Å². The zero-order valence-electron chi connectivity index (χ0n) is 21.1. The summed E-state index contributed by atoms with van der Waals surface area (Å²) in [6, 6.07) is -0.569. The molecule has 1 atom stereocenters. The van der Waals surface area contributed by atoms with Crippen LogP contribution in [0.3, 0.4) is 0 Å². The number of hydrogen-bond donors (Lipinski definition) is 6. The molecule has 0 heterocycles. The minimum absolute atomic E-state index is 0.0931. The van der Waals surface area contributed by atoms with E-state index in [2.05, 4.69) is 20.9 Å². The molecule has 2 aliphatic rings. The first-order valence-electron chi connectivity index (χ1n) is 12.1. The minimum Gasteiger partial charge on any atom is -0.403 e. The molecule has 0 bridgehead atoms. The highest BCUT2D eigenvalue weighted by Gasteiger charge is 2.48. The summed E-state index contributed by atoms with van der Waals surface area (Å²) in [6.07, 6.45) is 8.79. The first-order valence-corrected chi connectivity index (χ1v) is 12.1. The molecular formula is C25H41N7O2. The molecule has 8 N–H and O–H groups in total. The first kappa shape index (κ1) is 27.1. The molecule has 0 radical (unpaired) electrons. The second kappa shape index (κ2) is 12.4. The lowest BCUT2D eigenvalue weighted by molar-refractivity contribution is -0.129. The van der Waals surface area contributed by atoms with Crippen molar-refractivity contribution >= 4 is 23.7 Å². The van der Waals surface area contributed by atoms with Crippen molar-refractivity contribution < 1.29 is 9.59 Å². The third-order valence-electron chi connectivity index (χ3n) is 6.12. The molecule has 9 heteroatoms. The van der Waals surface area contributed by atoms with Crippen LogP contribution in [0.2, 0.25) is 0 Å². The van der Waals surface area contributed by atoms with E-state index in [9.17, 15) is 9.59 Å². The van der Waals surface area contributed by atoms with Gasteiger partial charge in [-0.1, -0.05) is 6.08 Å². The number of nitrogens with two attached hydrogens (primary N) is 2. The number of hydrogen-bond acceptors (Lipinski definition) is 7. The Hall–Kier alpha value is -3.10. The fourth-order valence-electron chi connectivity index (χ4n) is 4.15. The normalized spacial score (nSPS) is 18.7. The van der Waals surface area contributed by atoms with Crippen LogP contribution in [0.25, 0.3) is 0 Å². The van der Waals surface area contributed by atoms with Crippen molar-refractivity contribution in [2.75, 3.05) is 6.54 Å². The largest absolute Gasteiger partial charge is 0.403 e. The number of carbonyl (C=O) groups excluding carboxylic acids is 2. The van der Waals surface area contributed by atoms with E-state index in [0.717, 1.165) is 25.7 Å². The fraction of sp³-hybridized carbons (Fsp3) is 0.600. The van der Waals surface area contributed by atoms with Crippen molar-refractivity contribution in [1.29, 1.82) is 5.41 Å². The highest BCUT2D eigenvalue weighted by molar-refractivity contribution is 5.99. The van der Waals surface area contributed by atoms with Crippen molar-refractivity contribution in [3.63, 3.8) is 0 Å². The van der Waals surface area contributed by atoms with Gasteiger partial charge in [-0.15, -0.1) is 0 Å². The average Bonchev–Trinajstić information content (AvgIpc) is 3.67. The van der Waals surface area contributed by atoms with Crippen molar-refractivity contribution in [3.05, 3.63) is 34.9 Å². The third kappa shape index (κ3) is 8.04. The van der Waals surface area contributed by atoms with Gasteiger partial charge in [-0.3, -0.25) is 14.6 Å². The lowest BCUT2D eigenvalue weighted by Gasteiger charge is -2.28. The Labute approximate surface area is 203 Å². The summed E-state index contributed by atoms with van der Waals surface area (Å²) in [6.45, 7) is 9.31. The summed E-state index contributed by atoms with van der Waals surface area (Å²) in [4.78, 5) is 30.7. The number of carbonyl (C=O) groups is 2. The Kier molecular flexibility index (Phi) is 9.89. The summed E-state index contributed by atoms with van der Waals surface area (Å²) in [5, 5.41) is 16.8.